The molecule has 0 radical (unpaired) electrons. The Kier molecular flexibility index (Phi) is 6.61. The molecule has 1 unspecified atom stereocenters. The average molecular weight is 423 g/mol. The maximum Gasteiger partial charge on any atom is 0.243 e. The summed E-state index contributed by atoms with van der Waals surface area (Å²) in [5.41, 5.74) is 0.996. The van der Waals surface area contributed by atoms with E-state index in [0.717, 1.165) is 17.7 Å². The van der Waals surface area contributed by atoms with Crippen molar-refractivity contribution in [3.63, 3.8) is 0 Å². The average Bonchev–Trinajstić information content (AvgIpc) is 2.74. The monoisotopic (exact) mass is 423 g/mol. The molecule has 6 nitrogen and oxygen atoms in total. The van der Waals surface area contributed by atoms with Gasteiger partial charge in [-0.1, -0.05) is 30.3 Å². The predicted octanol–water partition coefficient (Wildman–Crippen LogP) is 1.98. The fourth-order valence-electron chi connectivity index (χ4n) is 3.22. The summed E-state index contributed by atoms with van der Waals surface area (Å²) in [6, 6.07) is 11.7. The first kappa shape index (κ1) is 21.4. The highest BCUT2D eigenvalue weighted by Crippen LogP contribution is 2.20. The van der Waals surface area contributed by atoms with Crippen LogP contribution in [0, 0.1) is 11.6 Å². The van der Waals surface area contributed by atoms with E-state index >= 15 is 0 Å². The Balaban J connectivity index is 1.56. The molecule has 3 rings (SSSR count). The van der Waals surface area contributed by atoms with Gasteiger partial charge in [0.1, 0.15) is 0 Å². The van der Waals surface area contributed by atoms with Crippen molar-refractivity contribution in [1.82, 2.24) is 14.5 Å². The summed E-state index contributed by atoms with van der Waals surface area (Å²) < 4.78 is 53.1. The van der Waals surface area contributed by atoms with Crippen LogP contribution in [0.2, 0.25) is 0 Å². The molecule has 1 aliphatic heterocycles. The third-order valence-corrected chi connectivity index (χ3v) is 6.93. The number of sulfonamides is 1. The SMILES string of the molecule is CC(C(=O)NCc1ccccc1)N1CCN(S(=O)(=O)c2ccc(F)c(F)c2)CC1. The van der Waals surface area contributed by atoms with Crippen molar-refractivity contribution < 1.29 is 22.0 Å². The number of halogens is 2. The highest BCUT2D eigenvalue weighted by Gasteiger charge is 2.32. The number of benzene rings is 2. The van der Waals surface area contributed by atoms with Crippen molar-refractivity contribution in [1.29, 1.82) is 0 Å². The first-order valence-electron chi connectivity index (χ1n) is 9.30. The Labute approximate surface area is 169 Å². The molecule has 1 atom stereocenters. The Bertz CT molecular complexity index is 962. The fraction of sp³-hybridized carbons (Fsp3) is 0.350. The van der Waals surface area contributed by atoms with Crippen LogP contribution in [0.25, 0.3) is 0 Å². The number of piperazine rings is 1. The van der Waals surface area contributed by atoms with Crippen molar-refractivity contribution >= 4 is 15.9 Å². The first-order valence-corrected chi connectivity index (χ1v) is 10.7. The van der Waals surface area contributed by atoms with Gasteiger partial charge in [0.15, 0.2) is 11.6 Å². The number of carbonyl (C=O) groups is 1. The zero-order valence-corrected chi connectivity index (χ0v) is 16.8. The molecule has 1 saturated heterocycles. The molecule has 29 heavy (non-hydrogen) atoms. The third kappa shape index (κ3) is 4.98. The second-order valence-corrected chi connectivity index (χ2v) is 8.83. The molecule has 2 aromatic carbocycles. The van der Waals surface area contributed by atoms with E-state index in [1.54, 1.807) is 6.92 Å². The number of hydrogen-bond donors (Lipinski definition) is 1. The van der Waals surface area contributed by atoms with Crippen molar-refractivity contribution in [2.75, 3.05) is 26.2 Å². The number of rotatable bonds is 6. The zero-order chi connectivity index (χ0) is 21.0. The molecular weight excluding hydrogens is 400 g/mol. The van der Waals surface area contributed by atoms with Gasteiger partial charge in [0.05, 0.1) is 10.9 Å². The maximum atomic E-state index is 13.4. The van der Waals surface area contributed by atoms with Gasteiger partial charge in [0.25, 0.3) is 0 Å². The van der Waals surface area contributed by atoms with E-state index in [2.05, 4.69) is 5.32 Å². The van der Waals surface area contributed by atoms with Gasteiger partial charge in [0, 0.05) is 32.7 Å². The van der Waals surface area contributed by atoms with Gasteiger partial charge in [-0.15, -0.1) is 0 Å². The fourth-order valence-corrected chi connectivity index (χ4v) is 4.65. The Morgan fingerprint density at radius 1 is 1.03 bits per heavy atom. The Morgan fingerprint density at radius 2 is 1.69 bits per heavy atom. The summed E-state index contributed by atoms with van der Waals surface area (Å²) >= 11 is 0. The summed E-state index contributed by atoms with van der Waals surface area (Å²) in [5, 5.41) is 2.89. The van der Waals surface area contributed by atoms with E-state index in [1.165, 1.54) is 4.31 Å². The summed E-state index contributed by atoms with van der Waals surface area (Å²) in [6.45, 7) is 3.26. The second kappa shape index (κ2) is 8.98. The quantitative estimate of drug-likeness (QED) is 0.772. The molecule has 1 heterocycles. The third-order valence-electron chi connectivity index (χ3n) is 5.04. The highest BCUT2D eigenvalue weighted by atomic mass is 32.2. The van der Waals surface area contributed by atoms with E-state index in [1.807, 2.05) is 35.2 Å². The Morgan fingerprint density at radius 3 is 2.31 bits per heavy atom. The molecule has 2 aromatic rings. The van der Waals surface area contributed by atoms with Crippen LogP contribution in [0.5, 0.6) is 0 Å². The molecule has 1 amide bonds. The number of nitrogens with zero attached hydrogens (tertiary/aromatic N) is 2. The van der Waals surface area contributed by atoms with E-state index in [9.17, 15) is 22.0 Å². The van der Waals surface area contributed by atoms with Crippen LogP contribution in [0.1, 0.15) is 12.5 Å². The molecule has 0 aromatic heterocycles. The van der Waals surface area contributed by atoms with Crippen molar-refractivity contribution in [2.24, 2.45) is 0 Å². The lowest BCUT2D eigenvalue weighted by Crippen LogP contribution is -2.54. The van der Waals surface area contributed by atoms with E-state index in [4.69, 9.17) is 0 Å². The van der Waals surface area contributed by atoms with Crippen LogP contribution >= 0.6 is 0 Å². The summed E-state index contributed by atoms with van der Waals surface area (Å²) in [5.74, 6) is -2.43. The molecule has 0 spiro atoms. The van der Waals surface area contributed by atoms with E-state index in [0.29, 0.717) is 25.7 Å². The van der Waals surface area contributed by atoms with Gasteiger partial charge in [-0.2, -0.15) is 4.31 Å². The number of hydrogen-bond acceptors (Lipinski definition) is 4. The topological polar surface area (TPSA) is 69.7 Å². The van der Waals surface area contributed by atoms with Crippen LogP contribution in [-0.4, -0.2) is 55.8 Å². The normalized spacial score (nSPS) is 17.1. The first-order chi connectivity index (χ1) is 13.8. The number of nitrogens with one attached hydrogen (secondary N) is 1. The van der Waals surface area contributed by atoms with Gasteiger partial charge in [-0.05, 0) is 30.7 Å². The molecule has 0 bridgehead atoms. The molecular formula is C20H23F2N3O3S. The van der Waals surface area contributed by atoms with Crippen molar-refractivity contribution in [2.45, 2.75) is 24.4 Å². The number of carbonyl (C=O) groups excluding carboxylic acids is 1. The molecule has 1 N–H and O–H groups in total. The van der Waals surface area contributed by atoms with Gasteiger partial charge in [-0.25, -0.2) is 17.2 Å². The molecule has 0 saturated carbocycles. The summed E-state index contributed by atoms with van der Waals surface area (Å²) in [7, 11) is -3.92. The standard InChI is InChI=1S/C20H23F2N3O3S/c1-15(20(26)23-14-16-5-3-2-4-6-16)24-9-11-25(12-10-24)29(27,28)17-7-8-18(21)19(22)13-17/h2-8,13,15H,9-12,14H2,1H3,(H,23,26). The summed E-state index contributed by atoms with van der Waals surface area (Å²) in [6.07, 6.45) is 0. The van der Waals surface area contributed by atoms with Gasteiger partial charge in [-0.3, -0.25) is 9.69 Å². The van der Waals surface area contributed by atoms with Crippen molar-refractivity contribution in [3.8, 4) is 0 Å². The smallest absolute Gasteiger partial charge is 0.243 e. The van der Waals surface area contributed by atoms with Crippen LogP contribution in [0.15, 0.2) is 53.4 Å². The molecule has 0 aliphatic carbocycles. The predicted molar refractivity (Wildman–Crippen MR) is 104 cm³/mol. The van der Waals surface area contributed by atoms with Gasteiger partial charge in [0.2, 0.25) is 15.9 Å². The van der Waals surface area contributed by atoms with Crippen LogP contribution < -0.4 is 5.32 Å². The largest absolute Gasteiger partial charge is 0.351 e. The van der Waals surface area contributed by atoms with Crippen LogP contribution in [-0.2, 0) is 21.4 Å². The molecule has 9 heteroatoms. The van der Waals surface area contributed by atoms with Crippen molar-refractivity contribution in [3.05, 3.63) is 65.7 Å². The highest BCUT2D eigenvalue weighted by molar-refractivity contribution is 7.89. The minimum atomic E-state index is -3.92. The van der Waals surface area contributed by atoms with Crippen LogP contribution in [0.4, 0.5) is 8.78 Å². The van der Waals surface area contributed by atoms with E-state index < -0.39 is 27.7 Å². The van der Waals surface area contributed by atoms with E-state index in [-0.39, 0.29) is 23.9 Å². The molecule has 1 aliphatic rings. The Hall–Kier alpha value is -2.36. The minimum absolute atomic E-state index is 0.134. The van der Waals surface area contributed by atoms with Gasteiger partial charge < -0.3 is 5.32 Å². The second-order valence-electron chi connectivity index (χ2n) is 6.90. The number of amides is 1. The zero-order valence-electron chi connectivity index (χ0n) is 16.0. The lowest BCUT2D eigenvalue weighted by atomic mass is 10.2. The molecule has 156 valence electrons. The van der Waals surface area contributed by atoms with Crippen LogP contribution in [0.3, 0.4) is 0 Å². The molecule has 1 fully saturated rings. The lowest BCUT2D eigenvalue weighted by molar-refractivity contribution is -0.126. The lowest BCUT2D eigenvalue weighted by Gasteiger charge is -2.36. The van der Waals surface area contributed by atoms with Gasteiger partial charge >= 0.3 is 0 Å². The maximum absolute atomic E-state index is 13.4. The minimum Gasteiger partial charge on any atom is -0.351 e. The summed E-state index contributed by atoms with van der Waals surface area (Å²) in [4.78, 5) is 14.0.